The summed E-state index contributed by atoms with van der Waals surface area (Å²) in [5, 5.41) is 0. The van der Waals surface area contributed by atoms with E-state index in [2.05, 4.69) is 0 Å². The van der Waals surface area contributed by atoms with Gasteiger partial charge in [0.05, 0.1) is 19.8 Å². The first kappa shape index (κ1) is 12.7. The highest BCUT2D eigenvalue weighted by Gasteiger charge is 1.97. The second-order valence-electron chi connectivity index (χ2n) is 3.47. The predicted octanol–water partition coefficient (Wildman–Crippen LogP) is 2.55. The third-order valence-electron chi connectivity index (χ3n) is 2.10. The third-order valence-corrected chi connectivity index (χ3v) is 2.10. The van der Waals surface area contributed by atoms with Crippen molar-refractivity contribution in [3.05, 3.63) is 35.9 Å². The molecule has 0 unspecified atom stereocenters. The maximum absolute atomic E-state index is 10.8. The SMILES string of the molecule is CCC(=O)OCCCOCc1ccccc1. The minimum Gasteiger partial charge on any atom is -0.466 e. The lowest BCUT2D eigenvalue weighted by Gasteiger charge is -2.05. The molecule has 0 aliphatic carbocycles. The van der Waals surface area contributed by atoms with Gasteiger partial charge in [0.25, 0.3) is 0 Å². The molecule has 0 spiro atoms. The van der Waals surface area contributed by atoms with E-state index in [0.717, 1.165) is 12.0 Å². The van der Waals surface area contributed by atoms with Crippen LogP contribution in [0.3, 0.4) is 0 Å². The van der Waals surface area contributed by atoms with Crippen LogP contribution >= 0.6 is 0 Å². The summed E-state index contributed by atoms with van der Waals surface area (Å²) < 4.78 is 10.4. The molecule has 0 fully saturated rings. The van der Waals surface area contributed by atoms with Crippen molar-refractivity contribution in [2.45, 2.75) is 26.4 Å². The van der Waals surface area contributed by atoms with E-state index in [-0.39, 0.29) is 5.97 Å². The van der Waals surface area contributed by atoms with Crippen molar-refractivity contribution >= 4 is 5.97 Å². The summed E-state index contributed by atoms with van der Waals surface area (Å²) in [6.07, 6.45) is 1.18. The van der Waals surface area contributed by atoms with Crippen molar-refractivity contribution in [2.75, 3.05) is 13.2 Å². The maximum atomic E-state index is 10.8. The average molecular weight is 222 g/mol. The summed E-state index contributed by atoms with van der Waals surface area (Å²) in [5.41, 5.74) is 1.16. The number of rotatable bonds is 7. The number of hydrogen-bond donors (Lipinski definition) is 0. The van der Waals surface area contributed by atoms with Crippen LogP contribution in [0.4, 0.5) is 0 Å². The highest BCUT2D eigenvalue weighted by atomic mass is 16.5. The summed E-state index contributed by atoms with van der Waals surface area (Å²) in [6, 6.07) is 10.0. The Morgan fingerprint density at radius 2 is 1.94 bits per heavy atom. The smallest absolute Gasteiger partial charge is 0.305 e. The molecule has 0 heterocycles. The third kappa shape index (κ3) is 5.51. The van der Waals surface area contributed by atoms with Crippen molar-refractivity contribution in [3.63, 3.8) is 0 Å². The zero-order chi connectivity index (χ0) is 11.6. The van der Waals surface area contributed by atoms with Crippen LogP contribution in [0.15, 0.2) is 30.3 Å². The highest BCUT2D eigenvalue weighted by molar-refractivity contribution is 5.68. The van der Waals surface area contributed by atoms with E-state index >= 15 is 0 Å². The lowest BCUT2D eigenvalue weighted by molar-refractivity contribution is -0.143. The fourth-order valence-corrected chi connectivity index (χ4v) is 1.21. The molecule has 0 saturated heterocycles. The first-order valence-corrected chi connectivity index (χ1v) is 5.60. The molecular formula is C13H18O3. The topological polar surface area (TPSA) is 35.5 Å². The molecule has 0 aliphatic rings. The number of benzene rings is 1. The minimum absolute atomic E-state index is 0.150. The summed E-state index contributed by atoms with van der Waals surface area (Å²) >= 11 is 0. The summed E-state index contributed by atoms with van der Waals surface area (Å²) in [7, 11) is 0. The van der Waals surface area contributed by atoms with Gasteiger partial charge in [-0.25, -0.2) is 0 Å². The molecule has 88 valence electrons. The molecule has 0 amide bonds. The fourth-order valence-electron chi connectivity index (χ4n) is 1.21. The van der Waals surface area contributed by atoms with Gasteiger partial charge in [-0.1, -0.05) is 37.3 Å². The summed E-state index contributed by atoms with van der Waals surface area (Å²) in [6.45, 7) is 3.46. The van der Waals surface area contributed by atoms with Crippen molar-refractivity contribution in [3.8, 4) is 0 Å². The quantitative estimate of drug-likeness (QED) is 0.525. The largest absolute Gasteiger partial charge is 0.466 e. The number of hydrogen-bond acceptors (Lipinski definition) is 3. The maximum Gasteiger partial charge on any atom is 0.305 e. The number of carbonyl (C=O) groups is 1. The second-order valence-corrected chi connectivity index (χ2v) is 3.47. The molecule has 3 nitrogen and oxygen atoms in total. The van der Waals surface area contributed by atoms with Crippen LogP contribution in [0.2, 0.25) is 0 Å². The van der Waals surface area contributed by atoms with Crippen LogP contribution in [-0.4, -0.2) is 19.2 Å². The normalized spacial score (nSPS) is 10.1. The van der Waals surface area contributed by atoms with Crippen LogP contribution < -0.4 is 0 Å². The Labute approximate surface area is 96.4 Å². The summed E-state index contributed by atoms with van der Waals surface area (Å²) in [4.78, 5) is 10.8. The first-order chi connectivity index (χ1) is 7.83. The van der Waals surface area contributed by atoms with Gasteiger partial charge < -0.3 is 9.47 Å². The predicted molar refractivity (Wildman–Crippen MR) is 62.0 cm³/mol. The molecule has 1 aromatic carbocycles. The van der Waals surface area contributed by atoms with Gasteiger partial charge in [-0.15, -0.1) is 0 Å². The zero-order valence-corrected chi connectivity index (χ0v) is 9.65. The molecule has 0 N–H and O–H groups in total. The van der Waals surface area contributed by atoms with E-state index in [1.165, 1.54) is 0 Å². The van der Waals surface area contributed by atoms with E-state index in [1.807, 2.05) is 30.3 Å². The fraction of sp³-hybridized carbons (Fsp3) is 0.462. The molecule has 0 aromatic heterocycles. The van der Waals surface area contributed by atoms with E-state index in [0.29, 0.717) is 26.2 Å². The summed E-state index contributed by atoms with van der Waals surface area (Å²) in [5.74, 6) is -0.150. The molecule has 1 aromatic rings. The molecule has 0 radical (unpaired) electrons. The molecule has 0 saturated carbocycles. The Morgan fingerprint density at radius 1 is 1.19 bits per heavy atom. The van der Waals surface area contributed by atoms with E-state index in [4.69, 9.17) is 9.47 Å². The molecule has 16 heavy (non-hydrogen) atoms. The van der Waals surface area contributed by atoms with Crippen molar-refractivity contribution in [2.24, 2.45) is 0 Å². The first-order valence-electron chi connectivity index (χ1n) is 5.60. The van der Waals surface area contributed by atoms with Gasteiger partial charge in [-0.2, -0.15) is 0 Å². The van der Waals surface area contributed by atoms with Crippen molar-refractivity contribution in [1.29, 1.82) is 0 Å². The van der Waals surface area contributed by atoms with E-state index in [9.17, 15) is 4.79 Å². The zero-order valence-electron chi connectivity index (χ0n) is 9.65. The van der Waals surface area contributed by atoms with Gasteiger partial charge in [0.15, 0.2) is 0 Å². The van der Waals surface area contributed by atoms with Gasteiger partial charge in [0.2, 0.25) is 0 Å². The average Bonchev–Trinajstić information content (AvgIpc) is 2.34. The van der Waals surface area contributed by atoms with Gasteiger partial charge in [-0.3, -0.25) is 4.79 Å². The Hall–Kier alpha value is -1.35. The molecule has 0 aliphatic heterocycles. The van der Waals surface area contributed by atoms with Crippen LogP contribution in [0.1, 0.15) is 25.3 Å². The van der Waals surface area contributed by atoms with Crippen molar-refractivity contribution < 1.29 is 14.3 Å². The van der Waals surface area contributed by atoms with Gasteiger partial charge >= 0.3 is 5.97 Å². The molecule has 0 atom stereocenters. The van der Waals surface area contributed by atoms with Gasteiger partial charge in [0, 0.05) is 12.8 Å². The minimum atomic E-state index is -0.150. The Balaban J connectivity index is 1.98. The molecule has 0 bridgehead atoms. The van der Waals surface area contributed by atoms with E-state index < -0.39 is 0 Å². The number of ether oxygens (including phenoxy) is 2. The van der Waals surface area contributed by atoms with E-state index in [1.54, 1.807) is 6.92 Å². The van der Waals surface area contributed by atoms with Crippen LogP contribution in [0, 0.1) is 0 Å². The van der Waals surface area contributed by atoms with Crippen LogP contribution in [-0.2, 0) is 20.9 Å². The number of carbonyl (C=O) groups excluding carboxylic acids is 1. The van der Waals surface area contributed by atoms with Gasteiger partial charge in [-0.05, 0) is 5.56 Å². The lowest BCUT2D eigenvalue weighted by atomic mass is 10.2. The Morgan fingerprint density at radius 3 is 2.62 bits per heavy atom. The Kier molecular flexibility index (Phi) is 6.26. The molecule has 3 heteroatoms. The standard InChI is InChI=1S/C13H18O3/c1-2-13(14)16-10-6-9-15-11-12-7-4-3-5-8-12/h3-5,7-8H,2,6,9-11H2,1H3. The Bertz CT molecular complexity index is 295. The highest BCUT2D eigenvalue weighted by Crippen LogP contribution is 2.00. The molecular weight excluding hydrogens is 204 g/mol. The van der Waals surface area contributed by atoms with Gasteiger partial charge in [0.1, 0.15) is 0 Å². The van der Waals surface area contributed by atoms with Crippen LogP contribution in [0.5, 0.6) is 0 Å². The number of esters is 1. The monoisotopic (exact) mass is 222 g/mol. The lowest BCUT2D eigenvalue weighted by Crippen LogP contribution is -2.06. The van der Waals surface area contributed by atoms with Crippen molar-refractivity contribution in [1.82, 2.24) is 0 Å². The molecule has 1 rings (SSSR count). The second kappa shape index (κ2) is 7.88. The van der Waals surface area contributed by atoms with Crippen LogP contribution in [0.25, 0.3) is 0 Å².